The number of hydrogen-bond donors (Lipinski definition) is 0. The van der Waals surface area contributed by atoms with Gasteiger partial charge in [-0.25, -0.2) is 9.97 Å². The SMILES string of the molecule is COc1ccccc1OCC(=O)N1CCC(Oc2ccncn2)CC1. The second-order valence-corrected chi connectivity index (χ2v) is 5.69. The number of para-hydroxylation sites is 2. The van der Waals surface area contributed by atoms with Gasteiger partial charge in [0.2, 0.25) is 5.88 Å². The highest BCUT2D eigenvalue weighted by Crippen LogP contribution is 2.26. The van der Waals surface area contributed by atoms with Crippen LogP contribution in [0.3, 0.4) is 0 Å². The van der Waals surface area contributed by atoms with Gasteiger partial charge in [-0.2, -0.15) is 0 Å². The number of carbonyl (C=O) groups excluding carboxylic acids is 1. The van der Waals surface area contributed by atoms with Gasteiger partial charge in [-0.3, -0.25) is 4.79 Å². The van der Waals surface area contributed by atoms with E-state index in [1.807, 2.05) is 12.1 Å². The maximum Gasteiger partial charge on any atom is 0.260 e. The van der Waals surface area contributed by atoms with Gasteiger partial charge < -0.3 is 19.1 Å². The first kappa shape index (κ1) is 17.0. The number of benzene rings is 1. The summed E-state index contributed by atoms with van der Waals surface area (Å²) in [5, 5.41) is 0. The lowest BCUT2D eigenvalue weighted by Crippen LogP contribution is -2.43. The number of piperidine rings is 1. The molecule has 0 spiro atoms. The van der Waals surface area contributed by atoms with Gasteiger partial charge in [-0.1, -0.05) is 12.1 Å². The molecule has 25 heavy (non-hydrogen) atoms. The van der Waals surface area contributed by atoms with E-state index in [-0.39, 0.29) is 18.6 Å². The minimum absolute atomic E-state index is 0.00218. The topological polar surface area (TPSA) is 73.8 Å². The summed E-state index contributed by atoms with van der Waals surface area (Å²) in [6.07, 6.45) is 4.71. The first-order valence-corrected chi connectivity index (χ1v) is 8.22. The summed E-state index contributed by atoms with van der Waals surface area (Å²) in [5.74, 6) is 1.72. The second kappa shape index (κ2) is 8.32. The summed E-state index contributed by atoms with van der Waals surface area (Å²) >= 11 is 0. The van der Waals surface area contributed by atoms with Crippen molar-refractivity contribution in [1.29, 1.82) is 0 Å². The third-order valence-corrected chi connectivity index (χ3v) is 4.06. The Morgan fingerprint density at radius 1 is 1.20 bits per heavy atom. The number of carbonyl (C=O) groups is 1. The average molecular weight is 343 g/mol. The molecular formula is C18H21N3O4. The van der Waals surface area contributed by atoms with E-state index in [4.69, 9.17) is 14.2 Å². The summed E-state index contributed by atoms with van der Waals surface area (Å²) in [5.41, 5.74) is 0. The first-order chi connectivity index (χ1) is 12.3. The van der Waals surface area contributed by atoms with Gasteiger partial charge in [0.05, 0.1) is 7.11 Å². The van der Waals surface area contributed by atoms with Gasteiger partial charge in [0.15, 0.2) is 18.1 Å². The largest absolute Gasteiger partial charge is 0.493 e. The average Bonchev–Trinajstić information content (AvgIpc) is 2.67. The monoisotopic (exact) mass is 343 g/mol. The lowest BCUT2D eigenvalue weighted by molar-refractivity contribution is -0.135. The summed E-state index contributed by atoms with van der Waals surface area (Å²) in [6, 6.07) is 9.02. The zero-order valence-electron chi connectivity index (χ0n) is 14.1. The standard InChI is InChI=1S/C18H21N3O4/c1-23-15-4-2-3-5-16(15)24-12-18(22)21-10-7-14(8-11-21)25-17-6-9-19-13-20-17/h2-6,9,13-14H,7-8,10-12H2,1H3. The number of aromatic nitrogens is 2. The van der Waals surface area contributed by atoms with Crippen molar-refractivity contribution in [3.63, 3.8) is 0 Å². The summed E-state index contributed by atoms with van der Waals surface area (Å²) in [4.78, 5) is 22.1. The molecule has 1 aromatic heterocycles. The van der Waals surface area contributed by atoms with Gasteiger partial charge in [-0.05, 0) is 12.1 Å². The zero-order valence-corrected chi connectivity index (χ0v) is 14.1. The van der Waals surface area contributed by atoms with E-state index in [9.17, 15) is 4.79 Å². The smallest absolute Gasteiger partial charge is 0.260 e. The van der Waals surface area contributed by atoms with Gasteiger partial charge >= 0.3 is 0 Å². The highest BCUT2D eigenvalue weighted by molar-refractivity contribution is 5.78. The van der Waals surface area contributed by atoms with Crippen LogP contribution in [0.2, 0.25) is 0 Å². The third-order valence-electron chi connectivity index (χ3n) is 4.06. The van der Waals surface area contributed by atoms with Crippen LogP contribution < -0.4 is 14.2 Å². The van der Waals surface area contributed by atoms with Gasteiger partial charge in [0, 0.05) is 38.2 Å². The summed E-state index contributed by atoms with van der Waals surface area (Å²) in [6.45, 7) is 1.28. The fourth-order valence-electron chi connectivity index (χ4n) is 2.71. The minimum Gasteiger partial charge on any atom is -0.493 e. The Hall–Kier alpha value is -2.83. The highest BCUT2D eigenvalue weighted by atomic mass is 16.5. The molecule has 0 bridgehead atoms. The molecule has 7 heteroatoms. The van der Waals surface area contributed by atoms with Crippen LogP contribution >= 0.6 is 0 Å². The molecule has 0 aliphatic carbocycles. The van der Waals surface area contributed by atoms with Crippen LogP contribution in [0, 0.1) is 0 Å². The van der Waals surface area contributed by atoms with Crippen LogP contribution in [0.25, 0.3) is 0 Å². The van der Waals surface area contributed by atoms with Crippen molar-refractivity contribution in [3.05, 3.63) is 42.9 Å². The third kappa shape index (κ3) is 4.59. The van der Waals surface area contributed by atoms with Crippen molar-refractivity contribution in [3.8, 4) is 17.4 Å². The number of methoxy groups -OCH3 is 1. The Labute approximate surface area is 146 Å². The zero-order chi connectivity index (χ0) is 17.5. The molecule has 0 radical (unpaired) electrons. The quantitative estimate of drug-likeness (QED) is 0.798. The molecule has 1 aliphatic heterocycles. The normalized spacial score (nSPS) is 14.8. The van der Waals surface area contributed by atoms with Crippen molar-refractivity contribution in [1.82, 2.24) is 14.9 Å². The Kier molecular flexibility index (Phi) is 5.66. The molecule has 1 aromatic carbocycles. The van der Waals surface area contributed by atoms with Crippen molar-refractivity contribution in [2.24, 2.45) is 0 Å². The summed E-state index contributed by atoms with van der Waals surface area (Å²) in [7, 11) is 1.58. The molecule has 1 fully saturated rings. The predicted molar refractivity (Wildman–Crippen MR) is 90.8 cm³/mol. The van der Waals surface area contributed by atoms with E-state index < -0.39 is 0 Å². The number of likely N-dealkylation sites (tertiary alicyclic amines) is 1. The highest BCUT2D eigenvalue weighted by Gasteiger charge is 2.24. The van der Waals surface area contributed by atoms with E-state index in [2.05, 4.69) is 9.97 Å². The number of hydrogen-bond acceptors (Lipinski definition) is 6. The molecule has 0 unspecified atom stereocenters. The Balaban J connectivity index is 1.45. The molecular weight excluding hydrogens is 322 g/mol. The Bertz CT molecular complexity index is 688. The van der Waals surface area contributed by atoms with Crippen LogP contribution in [0.15, 0.2) is 42.9 Å². The van der Waals surface area contributed by atoms with Gasteiger partial charge in [0.25, 0.3) is 5.91 Å². The number of nitrogens with zero attached hydrogens (tertiary/aromatic N) is 3. The molecule has 2 heterocycles. The maximum atomic E-state index is 12.3. The van der Waals surface area contributed by atoms with Crippen LogP contribution in [0.5, 0.6) is 17.4 Å². The maximum absolute atomic E-state index is 12.3. The van der Waals surface area contributed by atoms with Crippen molar-refractivity contribution < 1.29 is 19.0 Å². The van der Waals surface area contributed by atoms with Crippen LogP contribution in [0.1, 0.15) is 12.8 Å². The van der Waals surface area contributed by atoms with Crippen LogP contribution in [0.4, 0.5) is 0 Å². The van der Waals surface area contributed by atoms with E-state index in [1.54, 1.807) is 36.4 Å². The van der Waals surface area contributed by atoms with Crippen molar-refractivity contribution >= 4 is 5.91 Å². The lowest BCUT2D eigenvalue weighted by atomic mass is 10.1. The Morgan fingerprint density at radius 3 is 2.64 bits per heavy atom. The van der Waals surface area contributed by atoms with Gasteiger partial charge in [0.1, 0.15) is 12.4 Å². The van der Waals surface area contributed by atoms with E-state index in [0.717, 1.165) is 12.8 Å². The van der Waals surface area contributed by atoms with Crippen LogP contribution in [-0.2, 0) is 4.79 Å². The fraction of sp³-hybridized carbons (Fsp3) is 0.389. The van der Waals surface area contributed by atoms with Crippen LogP contribution in [-0.4, -0.2) is 53.7 Å². The molecule has 0 N–H and O–H groups in total. The number of amides is 1. The molecule has 0 atom stereocenters. The molecule has 1 amide bonds. The second-order valence-electron chi connectivity index (χ2n) is 5.69. The fourth-order valence-corrected chi connectivity index (χ4v) is 2.71. The first-order valence-electron chi connectivity index (χ1n) is 8.22. The molecule has 2 aromatic rings. The molecule has 0 saturated carbocycles. The van der Waals surface area contributed by atoms with E-state index in [0.29, 0.717) is 30.5 Å². The van der Waals surface area contributed by atoms with Gasteiger partial charge in [-0.15, -0.1) is 0 Å². The molecule has 132 valence electrons. The molecule has 3 rings (SSSR count). The number of rotatable bonds is 6. The molecule has 7 nitrogen and oxygen atoms in total. The van der Waals surface area contributed by atoms with E-state index >= 15 is 0 Å². The minimum atomic E-state index is -0.0357. The summed E-state index contributed by atoms with van der Waals surface area (Å²) < 4.78 is 16.6. The number of ether oxygens (including phenoxy) is 3. The van der Waals surface area contributed by atoms with Crippen molar-refractivity contribution in [2.45, 2.75) is 18.9 Å². The Morgan fingerprint density at radius 2 is 1.96 bits per heavy atom. The van der Waals surface area contributed by atoms with Crippen molar-refractivity contribution in [2.75, 3.05) is 26.8 Å². The molecule has 1 saturated heterocycles. The lowest BCUT2D eigenvalue weighted by Gasteiger charge is -2.31. The van der Waals surface area contributed by atoms with E-state index in [1.165, 1.54) is 6.33 Å². The molecule has 1 aliphatic rings. The predicted octanol–water partition coefficient (Wildman–Crippen LogP) is 1.93.